The molecule has 1 aromatic heterocycles. The number of halogens is 1. The maximum absolute atomic E-state index is 12.2. The maximum Gasteiger partial charge on any atom is 0.343 e. The molecule has 0 spiro atoms. The number of esters is 1. The first kappa shape index (κ1) is 21.0. The number of ether oxygens (including phenoxy) is 1. The Balaban J connectivity index is 1.41. The standard InChI is InChI=1S/C23H15ClN4O4/c24-17-6-9-20-21(10-11-25-22(20)13-17)27-26-14-15-4-7-19(8-5-15)32-23(29)16-2-1-3-18(12-16)28(30)31/h1-14H,(H,25,27)/b26-14+. The molecule has 0 saturated heterocycles. The summed E-state index contributed by atoms with van der Waals surface area (Å²) in [5.74, 6) is -0.370. The van der Waals surface area contributed by atoms with Gasteiger partial charge in [-0.05, 0) is 60.2 Å². The molecule has 0 atom stereocenters. The fourth-order valence-corrected chi connectivity index (χ4v) is 3.10. The summed E-state index contributed by atoms with van der Waals surface area (Å²) in [7, 11) is 0. The summed E-state index contributed by atoms with van der Waals surface area (Å²) in [6, 6.07) is 19.3. The Hall–Kier alpha value is -4.30. The lowest BCUT2D eigenvalue weighted by molar-refractivity contribution is -0.384. The topological polar surface area (TPSA) is 107 Å². The van der Waals surface area contributed by atoms with E-state index < -0.39 is 10.9 Å². The summed E-state index contributed by atoms with van der Waals surface area (Å²) in [4.78, 5) is 26.8. The van der Waals surface area contributed by atoms with Crippen LogP contribution in [0.15, 0.2) is 84.1 Å². The van der Waals surface area contributed by atoms with Gasteiger partial charge in [0, 0.05) is 28.7 Å². The first-order chi connectivity index (χ1) is 15.5. The van der Waals surface area contributed by atoms with E-state index in [0.717, 1.165) is 22.2 Å². The number of carbonyl (C=O) groups is 1. The van der Waals surface area contributed by atoms with Crippen LogP contribution in [0.4, 0.5) is 11.4 Å². The highest BCUT2D eigenvalue weighted by atomic mass is 35.5. The van der Waals surface area contributed by atoms with Crippen molar-refractivity contribution in [2.24, 2.45) is 5.10 Å². The Morgan fingerprint density at radius 1 is 1.09 bits per heavy atom. The molecule has 32 heavy (non-hydrogen) atoms. The highest BCUT2D eigenvalue weighted by Gasteiger charge is 2.13. The van der Waals surface area contributed by atoms with Gasteiger partial charge in [0.1, 0.15) is 5.75 Å². The first-order valence-electron chi connectivity index (χ1n) is 9.40. The average molecular weight is 447 g/mol. The van der Waals surface area contributed by atoms with Crippen molar-refractivity contribution >= 4 is 46.1 Å². The smallest absolute Gasteiger partial charge is 0.343 e. The number of nitro benzene ring substituents is 1. The Kier molecular flexibility index (Phi) is 6.05. The van der Waals surface area contributed by atoms with Crippen LogP contribution in [0, 0.1) is 10.1 Å². The Labute approximate surface area is 187 Å². The van der Waals surface area contributed by atoms with Gasteiger partial charge in [-0.1, -0.05) is 17.7 Å². The van der Waals surface area contributed by atoms with Crippen LogP contribution in [0.3, 0.4) is 0 Å². The van der Waals surface area contributed by atoms with Crippen molar-refractivity contribution in [2.45, 2.75) is 0 Å². The lowest BCUT2D eigenvalue weighted by Gasteiger charge is -2.06. The van der Waals surface area contributed by atoms with Crippen LogP contribution in [-0.2, 0) is 0 Å². The molecule has 1 N–H and O–H groups in total. The fourth-order valence-electron chi connectivity index (χ4n) is 2.93. The van der Waals surface area contributed by atoms with Gasteiger partial charge < -0.3 is 4.74 Å². The highest BCUT2D eigenvalue weighted by Crippen LogP contribution is 2.24. The number of rotatable bonds is 6. The predicted molar refractivity (Wildman–Crippen MR) is 122 cm³/mol. The lowest BCUT2D eigenvalue weighted by Crippen LogP contribution is -2.08. The third kappa shape index (κ3) is 4.88. The molecule has 0 saturated carbocycles. The number of hydrogen-bond acceptors (Lipinski definition) is 7. The van der Waals surface area contributed by atoms with Crippen molar-refractivity contribution in [3.63, 3.8) is 0 Å². The third-order valence-electron chi connectivity index (χ3n) is 4.49. The van der Waals surface area contributed by atoms with Gasteiger partial charge in [0.2, 0.25) is 0 Å². The molecular formula is C23H15ClN4O4. The Bertz CT molecular complexity index is 1340. The molecule has 0 aliphatic heterocycles. The van der Waals surface area contributed by atoms with Crippen molar-refractivity contribution in [3.8, 4) is 5.75 Å². The van der Waals surface area contributed by atoms with Crippen LogP contribution in [0.2, 0.25) is 5.02 Å². The normalized spacial score (nSPS) is 10.9. The SMILES string of the molecule is O=C(Oc1ccc(/C=N/Nc2ccnc3cc(Cl)ccc23)cc1)c1cccc([N+](=O)[O-])c1. The largest absolute Gasteiger partial charge is 0.423 e. The first-order valence-corrected chi connectivity index (χ1v) is 9.77. The molecule has 0 unspecified atom stereocenters. The number of benzene rings is 3. The molecule has 8 nitrogen and oxygen atoms in total. The molecule has 0 bridgehead atoms. The minimum Gasteiger partial charge on any atom is -0.423 e. The Morgan fingerprint density at radius 2 is 1.91 bits per heavy atom. The van der Waals surface area contributed by atoms with Crippen molar-refractivity contribution in [1.82, 2.24) is 4.98 Å². The lowest BCUT2D eigenvalue weighted by atomic mass is 10.2. The molecule has 9 heteroatoms. The fraction of sp³-hybridized carbons (Fsp3) is 0. The average Bonchev–Trinajstić information content (AvgIpc) is 2.80. The van der Waals surface area contributed by atoms with Gasteiger partial charge in [0.15, 0.2) is 0 Å². The maximum atomic E-state index is 12.2. The molecular weight excluding hydrogens is 432 g/mol. The quantitative estimate of drug-likeness (QED) is 0.138. The van der Waals surface area contributed by atoms with E-state index in [1.165, 1.54) is 24.3 Å². The minimum atomic E-state index is -0.679. The number of nitrogens with one attached hydrogen (secondary N) is 1. The zero-order valence-corrected chi connectivity index (χ0v) is 17.2. The van der Waals surface area contributed by atoms with E-state index in [1.807, 2.05) is 12.1 Å². The number of nitrogens with zero attached hydrogens (tertiary/aromatic N) is 3. The number of non-ortho nitro benzene ring substituents is 1. The molecule has 4 rings (SSSR count). The van der Waals surface area contributed by atoms with E-state index in [-0.39, 0.29) is 11.3 Å². The van der Waals surface area contributed by atoms with Crippen molar-refractivity contribution in [3.05, 3.63) is 105 Å². The minimum absolute atomic E-state index is 0.0971. The van der Waals surface area contributed by atoms with E-state index in [4.69, 9.17) is 16.3 Å². The van der Waals surface area contributed by atoms with Crippen molar-refractivity contribution in [2.75, 3.05) is 5.43 Å². The predicted octanol–water partition coefficient (Wildman–Crippen LogP) is 5.46. The van der Waals surface area contributed by atoms with Gasteiger partial charge in [-0.2, -0.15) is 5.10 Å². The second-order valence-electron chi connectivity index (χ2n) is 6.66. The summed E-state index contributed by atoms with van der Waals surface area (Å²) in [6.07, 6.45) is 3.29. The van der Waals surface area contributed by atoms with Gasteiger partial charge in [0.05, 0.1) is 27.9 Å². The number of anilines is 1. The molecule has 0 radical (unpaired) electrons. The molecule has 3 aromatic carbocycles. The molecule has 4 aromatic rings. The van der Waals surface area contributed by atoms with Gasteiger partial charge in [-0.3, -0.25) is 20.5 Å². The zero-order chi connectivity index (χ0) is 22.5. The summed E-state index contributed by atoms with van der Waals surface area (Å²) >= 11 is 6.01. The van der Waals surface area contributed by atoms with E-state index in [9.17, 15) is 14.9 Å². The molecule has 0 aliphatic rings. The highest BCUT2D eigenvalue weighted by molar-refractivity contribution is 6.31. The van der Waals surface area contributed by atoms with E-state index in [1.54, 1.807) is 48.8 Å². The molecule has 0 amide bonds. The number of carbonyl (C=O) groups excluding carboxylic acids is 1. The number of aromatic nitrogens is 1. The van der Waals surface area contributed by atoms with Gasteiger partial charge in [-0.25, -0.2) is 4.79 Å². The molecule has 158 valence electrons. The Morgan fingerprint density at radius 3 is 2.69 bits per heavy atom. The molecule has 0 aliphatic carbocycles. The van der Waals surface area contributed by atoms with E-state index >= 15 is 0 Å². The third-order valence-corrected chi connectivity index (χ3v) is 4.72. The van der Waals surface area contributed by atoms with Crippen LogP contribution in [0.5, 0.6) is 5.75 Å². The monoisotopic (exact) mass is 446 g/mol. The van der Waals surface area contributed by atoms with Gasteiger partial charge >= 0.3 is 5.97 Å². The number of hydrazone groups is 1. The van der Waals surface area contributed by atoms with E-state index in [0.29, 0.717) is 10.8 Å². The molecule has 1 heterocycles. The van der Waals surface area contributed by atoms with Crippen LogP contribution in [-0.4, -0.2) is 22.1 Å². The number of nitro groups is 1. The number of hydrogen-bond donors (Lipinski definition) is 1. The van der Waals surface area contributed by atoms with E-state index in [2.05, 4.69) is 15.5 Å². The second kappa shape index (κ2) is 9.23. The summed E-state index contributed by atoms with van der Waals surface area (Å²) in [5, 5.41) is 16.6. The summed E-state index contributed by atoms with van der Waals surface area (Å²) in [5.41, 5.74) is 5.22. The van der Waals surface area contributed by atoms with Crippen molar-refractivity contribution < 1.29 is 14.5 Å². The van der Waals surface area contributed by atoms with Crippen molar-refractivity contribution in [1.29, 1.82) is 0 Å². The van der Waals surface area contributed by atoms with Crippen LogP contribution >= 0.6 is 11.6 Å². The molecule has 0 fully saturated rings. The van der Waals surface area contributed by atoms with Gasteiger partial charge in [0.25, 0.3) is 5.69 Å². The van der Waals surface area contributed by atoms with Gasteiger partial charge in [-0.15, -0.1) is 0 Å². The zero-order valence-electron chi connectivity index (χ0n) is 16.4. The number of pyridine rings is 1. The summed E-state index contributed by atoms with van der Waals surface area (Å²) < 4.78 is 5.28. The second-order valence-corrected chi connectivity index (χ2v) is 7.09. The van der Waals surface area contributed by atoms with Crippen LogP contribution in [0.25, 0.3) is 10.9 Å². The van der Waals surface area contributed by atoms with Crippen LogP contribution in [0.1, 0.15) is 15.9 Å². The number of fused-ring (bicyclic) bond motifs is 1. The summed E-state index contributed by atoms with van der Waals surface area (Å²) in [6.45, 7) is 0. The van der Waals surface area contributed by atoms with Crippen LogP contribution < -0.4 is 10.2 Å².